The molecule has 6 heteroatoms. The zero-order chi connectivity index (χ0) is 18.8. The normalized spacial score (nSPS) is 16.9. The minimum Gasteiger partial charge on any atom is -0.353 e. The predicted octanol–water partition coefficient (Wildman–Crippen LogP) is 1.57. The van der Waals surface area contributed by atoms with Crippen molar-refractivity contribution >= 4 is 16.7 Å². The molecule has 3 aromatic rings. The number of nitrogens with zero attached hydrogens (tertiary/aromatic N) is 3. The van der Waals surface area contributed by atoms with Crippen molar-refractivity contribution in [2.45, 2.75) is 25.6 Å². The van der Waals surface area contributed by atoms with Gasteiger partial charge in [-0.25, -0.2) is 4.68 Å². The first kappa shape index (κ1) is 17.4. The number of nitrogens with one attached hydrogen (secondary N) is 1. The van der Waals surface area contributed by atoms with Crippen molar-refractivity contribution < 1.29 is 4.79 Å². The molecule has 27 heavy (non-hydrogen) atoms. The Kier molecular flexibility index (Phi) is 4.73. The van der Waals surface area contributed by atoms with Crippen LogP contribution >= 0.6 is 0 Å². The van der Waals surface area contributed by atoms with E-state index in [2.05, 4.69) is 27.4 Å². The standard InChI is InChI=1S/C21H22N4O2/c1-24-14-17-8-3-2-6-15(17)12-19(24)20(26)22-10-11-25-21(27)18-9-5-4-7-16(18)13-23-25/h2-9,13,19H,10-12,14H2,1H3,(H,22,26). The van der Waals surface area contributed by atoms with Crippen molar-refractivity contribution in [2.75, 3.05) is 13.6 Å². The predicted molar refractivity (Wildman–Crippen MR) is 104 cm³/mol. The minimum atomic E-state index is -0.193. The first-order valence-electron chi connectivity index (χ1n) is 9.13. The third-order valence-corrected chi connectivity index (χ3v) is 5.17. The average molecular weight is 362 g/mol. The molecule has 1 aliphatic rings. The highest BCUT2D eigenvalue weighted by Crippen LogP contribution is 2.21. The summed E-state index contributed by atoms with van der Waals surface area (Å²) in [6, 6.07) is 15.4. The van der Waals surface area contributed by atoms with Crippen LogP contribution < -0.4 is 10.9 Å². The van der Waals surface area contributed by atoms with Crippen LogP contribution in [0.25, 0.3) is 10.8 Å². The van der Waals surface area contributed by atoms with E-state index >= 15 is 0 Å². The van der Waals surface area contributed by atoms with Gasteiger partial charge in [0.25, 0.3) is 5.56 Å². The molecule has 0 spiro atoms. The van der Waals surface area contributed by atoms with E-state index in [0.29, 0.717) is 24.9 Å². The van der Waals surface area contributed by atoms with Crippen LogP contribution in [-0.4, -0.2) is 40.2 Å². The Labute approximate surface area is 157 Å². The quantitative estimate of drug-likeness (QED) is 0.765. The van der Waals surface area contributed by atoms with Crippen molar-refractivity contribution in [3.05, 3.63) is 76.2 Å². The third kappa shape index (κ3) is 3.48. The van der Waals surface area contributed by atoms with Crippen LogP contribution in [0.5, 0.6) is 0 Å². The van der Waals surface area contributed by atoms with Gasteiger partial charge < -0.3 is 5.32 Å². The van der Waals surface area contributed by atoms with Crippen LogP contribution in [0.4, 0.5) is 0 Å². The Morgan fingerprint density at radius 2 is 1.89 bits per heavy atom. The van der Waals surface area contributed by atoms with E-state index < -0.39 is 0 Å². The summed E-state index contributed by atoms with van der Waals surface area (Å²) in [6.07, 6.45) is 2.39. The second-order valence-electron chi connectivity index (χ2n) is 6.95. The number of rotatable bonds is 4. The number of likely N-dealkylation sites (N-methyl/N-ethyl adjacent to an activating group) is 1. The van der Waals surface area contributed by atoms with Crippen LogP contribution in [0.3, 0.4) is 0 Å². The Balaban J connectivity index is 1.40. The molecule has 138 valence electrons. The fourth-order valence-corrected chi connectivity index (χ4v) is 3.64. The lowest BCUT2D eigenvalue weighted by atomic mass is 9.94. The van der Waals surface area contributed by atoms with E-state index in [1.807, 2.05) is 37.4 Å². The van der Waals surface area contributed by atoms with Crippen LogP contribution in [-0.2, 0) is 24.3 Å². The zero-order valence-corrected chi connectivity index (χ0v) is 15.3. The van der Waals surface area contributed by atoms with Gasteiger partial charge in [-0.05, 0) is 30.7 Å². The smallest absolute Gasteiger partial charge is 0.274 e. The molecule has 0 aliphatic carbocycles. The maximum Gasteiger partial charge on any atom is 0.274 e. The van der Waals surface area contributed by atoms with E-state index in [9.17, 15) is 9.59 Å². The molecule has 2 heterocycles. The van der Waals surface area contributed by atoms with Crippen LogP contribution in [0.2, 0.25) is 0 Å². The molecule has 0 bridgehead atoms. The van der Waals surface area contributed by atoms with Gasteiger partial charge in [0.1, 0.15) is 0 Å². The summed E-state index contributed by atoms with van der Waals surface area (Å²) in [6.45, 7) is 1.48. The summed E-state index contributed by atoms with van der Waals surface area (Å²) in [7, 11) is 1.97. The monoisotopic (exact) mass is 362 g/mol. The summed E-state index contributed by atoms with van der Waals surface area (Å²) in [5, 5.41) is 8.63. The van der Waals surface area contributed by atoms with Crippen molar-refractivity contribution in [1.82, 2.24) is 20.0 Å². The molecule has 0 saturated carbocycles. The number of carbonyl (C=O) groups is 1. The van der Waals surface area contributed by atoms with Gasteiger partial charge in [0.05, 0.1) is 24.2 Å². The number of fused-ring (bicyclic) bond motifs is 2. The second-order valence-corrected chi connectivity index (χ2v) is 6.95. The molecule has 1 aromatic heterocycles. The summed E-state index contributed by atoms with van der Waals surface area (Å²) >= 11 is 0. The molecule has 1 aliphatic heterocycles. The molecule has 6 nitrogen and oxygen atoms in total. The average Bonchev–Trinajstić information content (AvgIpc) is 2.69. The molecule has 1 atom stereocenters. The number of benzene rings is 2. The largest absolute Gasteiger partial charge is 0.353 e. The first-order chi connectivity index (χ1) is 13.1. The maximum absolute atomic E-state index is 12.6. The Morgan fingerprint density at radius 1 is 1.15 bits per heavy atom. The van der Waals surface area contributed by atoms with E-state index in [1.165, 1.54) is 15.8 Å². The number of hydrogen-bond acceptors (Lipinski definition) is 4. The van der Waals surface area contributed by atoms with Crippen molar-refractivity contribution in [3.63, 3.8) is 0 Å². The SMILES string of the molecule is CN1Cc2ccccc2CC1C(=O)NCCn1ncc2ccccc2c1=O. The van der Waals surface area contributed by atoms with E-state index in [4.69, 9.17) is 0 Å². The summed E-state index contributed by atoms with van der Waals surface area (Å²) in [5.41, 5.74) is 2.37. The second kappa shape index (κ2) is 7.32. The first-order valence-corrected chi connectivity index (χ1v) is 9.13. The number of carbonyl (C=O) groups excluding carboxylic acids is 1. The lowest BCUT2D eigenvalue weighted by Crippen LogP contribution is -2.49. The number of aromatic nitrogens is 2. The Morgan fingerprint density at radius 3 is 2.74 bits per heavy atom. The van der Waals surface area contributed by atoms with Crippen LogP contribution in [0.15, 0.2) is 59.5 Å². The summed E-state index contributed by atoms with van der Waals surface area (Å²) in [4.78, 5) is 27.2. The van der Waals surface area contributed by atoms with E-state index in [1.54, 1.807) is 12.3 Å². The minimum absolute atomic E-state index is 0.0131. The molecule has 1 N–H and O–H groups in total. The van der Waals surface area contributed by atoms with Gasteiger partial charge in [0.15, 0.2) is 0 Å². The fourth-order valence-electron chi connectivity index (χ4n) is 3.64. The van der Waals surface area contributed by atoms with Gasteiger partial charge in [0.2, 0.25) is 5.91 Å². The molecule has 0 radical (unpaired) electrons. The highest BCUT2D eigenvalue weighted by molar-refractivity contribution is 5.82. The molecule has 1 unspecified atom stereocenters. The van der Waals surface area contributed by atoms with Gasteiger partial charge in [-0.15, -0.1) is 0 Å². The maximum atomic E-state index is 12.6. The summed E-state index contributed by atoms with van der Waals surface area (Å²) in [5.74, 6) is -0.0131. The topological polar surface area (TPSA) is 67.2 Å². The molecular weight excluding hydrogens is 340 g/mol. The Hall–Kier alpha value is -2.99. The molecule has 0 fully saturated rings. The van der Waals surface area contributed by atoms with Gasteiger partial charge in [0, 0.05) is 18.5 Å². The van der Waals surface area contributed by atoms with Crippen LogP contribution in [0.1, 0.15) is 11.1 Å². The van der Waals surface area contributed by atoms with Gasteiger partial charge in [-0.1, -0.05) is 42.5 Å². The molecular formula is C21H22N4O2. The summed E-state index contributed by atoms with van der Waals surface area (Å²) < 4.78 is 1.41. The van der Waals surface area contributed by atoms with E-state index in [0.717, 1.165) is 11.9 Å². The van der Waals surface area contributed by atoms with Crippen LogP contribution in [0, 0.1) is 0 Å². The molecule has 0 saturated heterocycles. The molecule has 2 aromatic carbocycles. The van der Waals surface area contributed by atoms with E-state index in [-0.39, 0.29) is 17.5 Å². The van der Waals surface area contributed by atoms with Crippen molar-refractivity contribution in [1.29, 1.82) is 0 Å². The number of amides is 1. The molecule has 4 rings (SSSR count). The lowest BCUT2D eigenvalue weighted by molar-refractivity contribution is -0.126. The van der Waals surface area contributed by atoms with Gasteiger partial charge in [-0.2, -0.15) is 5.10 Å². The highest BCUT2D eigenvalue weighted by atomic mass is 16.2. The lowest BCUT2D eigenvalue weighted by Gasteiger charge is -2.33. The highest BCUT2D eigenvalue weighted by Gasteiger charge is 2.28. The van der Waals surface area contributed by atoms with Gasteiger partial charge >= 0.3 is 0 Å². The zero-order valence-electron chi connectivity index (χ0n) is 15.3. The van der Waals surface area contributed by atoms with Crippen molar-refractivity contribution in [3.8, 4) is 0 Å². The molecule has 1 amide bonds. The third-order valence-electron chi connectivity index (χ3n) is 5.17. The van der Waals surface area contributed by atoms with Crippen molar-refractivity contribution in [2.24, 2.45) is 0 Å². The number of hydrogen-bond donors (Lipinski definition) is 1. The Bertz CT molecular complexity index is 1040. The van der Waals surface area contributed by atoms with Gasteiger partial charge in [-0.3, -0.25) is 14.5 Å². The fraction of sp³-hybridized carbons (Fsp3) is 0.286.